The number of hydrogen-bond donors (Lipinski definition) is 1. The number of benzene rings is 1. The monoisotopic (exact) mass is 382 g/mol. The first-order chi connectivity index (χ1) is 12.5. The van der Waals surface area contributed by atoms with E-state index in [4.69, 9.17) is 9.47 Å². The van der Waals surface area contributed by atoms with Gasteiger partial charge in [0.15, 0.2) is 12.7 Å². The number of rotatable bonds is 6. The van der Waals surface area contributed by atoms with Gasteiger partial charge in [-0.25, -0.2) is 13.2 Å². The maximum Gasteiger partial charge on any atom is 0.335 e. The van der Waals surface area contributed by atoms with Gasteiger partial charge >= 0.3 is 5.97 Å². The van der Waals surface area contributed by atoms with Crippen molar-refractivity contribution in [3.8, 4) is 0 Å². The van der Waals surface area contributed by atoms with Crippen LogP contribution in [0.5, 0.6) is 0 Å². The van der Waals surface area contributed by atoms with Crippen molar-refractivity contribution >= 4 is 27.6 Å². The Morgan fingerprint density at radius 2 is 1.85 bits per heavy atom. The Labute approximate surface area is 152 Å². The third-order valence-electron chi connectivity index (χ3n) is 4.38. The van der Waals surface area contributed by atoms with Crippen molar-refractivity contribution in [1.82, 2.24) is 4.31 Å². The molecule has 2 aliphatic rings. The highest BCUT2D eigenvalue weighted by molar-refractivity contribution is 7.89. The lowest BCUT2D eigenvalue weighted by atomic mass is 10.2. The summed E-state index contributed by atoms with van der Waals surface area (Å²) >= 11 is 0. The molecule has 2 fully saturated rings. The fourth-order valence-electron chi connectivity index (χ4n) is 2.98. The summed E-state index contributed by atoms with van der Waals surface area (Å²) in [5.41, 5.74) is 0.434. The summed E-state index contributed by atoms with van der Waals surface area (Å²) in [6.45, 7) is 1.19. The van der Waals surface area contributed by atoms with Crippen LogP contribution in [0.2, 0.25) is 0 Å². The van der Waals surface area contributed by atoms with E-state index in [-0.39, 0.29) is 4.90 Å². The fourth-order valence-corrected chi connectivity index (χ4v) is 4.50. The van der Waals surface area contributed by atoms with Crippen LogP contribution in [0, 0.1) is 0 Å². The van der Waals surface area contributed by atoms with Crippen LogP contribution in [0.3, 0.4) is 0 Å². The lowest BCUT2D eigenvalue weighted by Crippen LogP contribution is -2.28. The Hall–Kier alpha value is -1.97. The normalized spacial score (nSPS) is 20.8. The summed E-state index contributed by atoms with van der Waals surface area (Å²) in [7, 11) is -3.48. The number of carbonyl (C=O) groups excluding carboxylic acids is 2. The van der Waals surface area contributed by atoms with Crippen molar-refractivity contribution in [3.63, 3.8) is 0 Å². The van der Waals surface area contributed by atoms with Crippen LogP contribution in [-0.2, 0) is 29.1 Å². The number of nitrogens with zero attached hydrogens (tertiary/aromatic N) is 1. The molecule has 8 nitrogen and oxygen atoms in total. The molecule has 1 N–H and O–H groups in total. The highest BCUT2D eigenvalue weighted by Crippen LogP contribution is 2.22. The van der Waals surface area contributed by atoms with Gasteiger partial charge in [0.25, 0.3) is 5.91 Å². The van der Waals surface area contributed by atoms with E-state index in [1.807, 2.05) is 0 Å². The van der Waals surface area contributed by atoms with E-state index in [1.165, 1.54) is 28.6 Å². The molecule has 142 valence electrons. The quantitative estimate of drug-likeness (QED) is 0.740. The first-order valence-corrected chi connectivity index (χ1v) is 10.1. The van der Waals surface area contributed by atoms with Crippen LogP contribution in [-0.4, -0.2) is 57.0 Å². The van der Waals surface area contributed by atoms with E-state index in [2.05, 4.69) is 5.32 Å². The van der Waals surface area contributed by atoms with Gasteiger partial charge in [0, 0.05) is 25.4 Å². The molecule has 3 rings (SSSR count). The Morgan fingerprint density at radius 3 is 2.46 bits per heavy atom. The largest absolute Gasteiger partial charge is 0.454 e. The summed E-state index contributed by atoms with van der Waals surface area (Å²) in [5.74, 6) is -1.03. The average Bonchev–Trinajstić information content (AvgIpc) is 3.33. The lowest BCUT2D eigenvalue weighted by Gasteiger charge is -2.15. The minimum absolute atomic E-state index is 0.196. The first-order valence-electron chi connectivity index (χ1n) is 8.65. The predicted octanol–water partition coefficient (Wildman–Crippen LogP) is 1.13. The number of amides is 1. The predicted molar refractivity (Wildman–Crippen MR) is 93.0 cm³/mol. The summed E-state index contributed by atoms with van der Waals surface area (Å²) in [4.78, 5) is 23.7. The van der Waals surface area contributed by atoms with Gasteiger partial charge in [-0.1, -0.05) is 0 Å². The Bertz CT molecular complexity index is 750. The molecule has 0 aliphatic carbocycles. The van der Waals surface area contributed by atoms with Gasteiger partial charge in [-0.3, -0.25) is 4.79 Å². The van der Waals surface area contributed by atoms with Crippen molar-refractivity contribution in [2.75, 3.05) is 31.6 Å². The highest BCUT2D eigenvalue weighted by Gasteiger charge is 2.27. The number of ether oxygens (including phenoxy) is 2. The minimum atomic E-state index is -3.48. The van der Waals surface area contributed by atoms with Crippen LogP contribution in [0.15, 0.2) is 29.2 Å². The summed E-state index contributed by atoms with van der Waals surface area (Å²) in [6.07, 6.45) is 2.57. The summed E-state index contributed by atoms with van der Waals surface area (Å²) in [6, 6.07) is 5.95. The van der Waals surface area contributed by atoms with Gasteiger partial charge in [0.05, 0.1) is 4.90 Å². The van der Waals surface area contributed by atoms with E-state index in [1.54, 1.807) is 0 Å². The van der Waals surface area contributed by atoms with Crippen LogP contribution >= 0.6 is 0 Å². The first kappa shape index (κ1) is 18.8. The van der Waals surface area contributed by atoms with E-state index in [0.29, 0.717) is 31.8 Å². The van der Waals surface area contributed by atoms with Gasteiger partial charge in [0.2, 0.25) is 10.0 Å². The molecule has 0 bridgehead atoms. The molecule has 2 heterocycles. The number of sulfonamides is 1. The maximum atomic E-state index is 12.4. The molecule has 1 aromatic carbocycles. The van der Waals surface area contributed by atoms with Crippen LogP contribution in [0.25, 0.3) is 0 Å². The van der Waals surface area contributed by atoms with Crippen molar-refractivity contribution in [2.45, 2.75) is 36.7 Å². The molecule has 0 saturated carbocycles. The molecular formula is C17H22N2O6S. The zero-order chi connectivity index (χ0) is 18.6. The van der Waals surface area contributed by atoms with Crippen LogP contribution in [0.1, 0.15) is 25.7 Å². The SMILES string of the molecule is O=C(COC(=O)[C@H]1CCCO1)Nc1ccc(S(=O)(=O)N2CCCC2)cc1. The average molecular weight is 382 g/mol. The second-order valence-corrected chi connectivity index (χ2v) is 8.23. The minimum Gasteiger partial charge on any atom is -0.454 e. The number of nitrogens with one attached hydrogen (secondary N) is 1. The Balaban J connectivity index is 1.52. The van der Waals surface area contributed by atoms with Crippen LogP contribution < -0.4 is 5.32 Å². The van der Waals surface area contributed by atoms with E-state index in [0.717, 1.165) is 19.3 Å². The molecule has 0 aromatic heterocycles. The fraction of sp³-hybridized carbons (Fsp3) is 0.529. The van der Waals surface area contributed by atoms with Gasteiger partial charge < -0.3 is 14.8 Å². The molecule has 1 amide bonds. The molecule has 0 radical (unpaired) electrons. The number of carbonyl (C=O) groups is 2. The second kappa shape index (κ2) is 8.15. The second-order valence-electron chi connectivity index (χ2n) is 6.29. The number of hydrogen-bond acceptors (Lipinski definition) is 6. The van der Waals surface area contributed by atoms with Gasteiger partial charge in [-0.2, -0.15) is 4.31 Å². The third kappa shape index (κ3) is 4.40. The Kier molecular flexibility index (Phi) is 5.90. The molecule has 2 saturated heterocycles. The van der Waals surface area contributed by atoms with Gasteiger partial charge in [-0.05, 0) is 49.9 Å². The molecule has 1 atom stereocenters. The highest BCUT2D eigenvalue weighted by atomic mass is 32.2. The van der Waals surface area contributed by atoms with Gasteiger partial charge in [-0.15, -0.1) is 0 Å². The molecule has 0 unspecified atom stereocenters. The van der Waals surface area contributed by atoms with Crippen molar-refractivity contribution < 1.29 is 27.5 Å². The maximum absolute atomic E-state index is 12.4. The summed E-state index contributed by atoms with van der Waals surface area (Å²) in [5, 5.41) is 2.57. The summed E-state index contributed by atoms with van der Waals surface area (Å²) < 4.78 is 36.5. The van der Waals surface area contributed by atoms with Crippen LogP contribution in [0.4, 0.5) is 5.69 Å². The molecule has 26 heavy (non-hydrogen) atoms. The zero-order valence-electron chi connectivity index (χ0n) is 14.3. The Morgan fingerprint density at radius 1 is 1.15 bits per heavy atom. The van der Waals surface area contributed by atoms with Crippen molar-refractivity contribution in [1.29, 1.82) is 0 Å². The molecule has 2 aliphatic heterocycles. The smallest absolute Gasteiger partial charge is 0.335 e. The molecule has 1 aromatic rings. The standard InChI is InChI=1S/C17H22N2O6S/c20-16(12-25-17(21)15-4-3-11-24-15)18-13-5-7-14(8-6-13)26(22,23)19-9-1-2-10-19/h5-8,15H,1-4,9-12H2,(H,18,20)/t15-/m1/s1. The zero-order valence-corrected chi connectivity index (χ0v) is 15.2. The van der Waals surface area contributed by atoms with E-state index >= 15 is 0 Å². The van der Waals surface area contributed by atoms with Crippen molar-refractivity contribution in [2.24, 2.45) is 0 Å². The molecular weight excluding hydrogens is 360 g/mol. The number of anilines is 1. The third-order valence-corrected chi connectivity index (χ3v) is 6.29. The number of esters is 1. The lowest BCUT2D eigenvalue weighted by molar-refractivity contribution is -0.156. The van der Waals surface area contributed by atoms with Crippen molar-refractivity contribution in [3.05, 3.63) is 24.3 Å². The molecule has 0 spiro atoms. The van der Waals surface area contributed by atoms with E-state index < -0.39 is 34.6 Å². The topological polar surface area (TPSA) is 102 Å². The van der Waals surface area contributed by atoms with E-state index in [9.17, 15) is 18.0 Å². The molecule has 9 heteroatoms. The van der Waals surface area contributed by atoms with Gasteiger partial charge in [0.1, 0.15) is 0 Å².